The van der Waals surface area contributed by atoms with Crippen molar-refractivity contribution >= 4 is 29.0 Å². The number of amides is 1. The van der Waals surface area contributed by atoms with Gasteiger partial charge in [0.15, 0.2) is 0 Å². The van der Waals surface area contributed by atoms with Gasteiger partial charge in [-0.2, -0.15) is 11.8 Å². The first-order chi connectivity index (χ1) is 9.85. The van der Waals surface area contributed by atoms with Gasteiger partial charge in [0.25, 0.3) is 0 Å². The molecule has 1 saturated heterocycles. The maximum absolute atomic E-state index is 11.8. The zero-order valence-electron chi connectivity index (χ0n) is 13.4. The first kappa shape index (κ1) is 16.2. The Bertz CT molecular complexity index is 499. The number of anilines is 2. The van der Waals surface area contributed by atoms with Crippen LogP contribution in [-0.4, -0.2) is 23.5 Å². The molecule has 2 N–H and O–H groups in total. The molecule has 0 aromatic heterocycles. The highest BCUT2D eigenvalue weighted by Crippen LogP contribution is 2.34. The molecule has 1 aliphatic rings. The van der Waals surface area contributed by atoms with E-state index in [2.05, 4.69) is 30.5 Å². The van der Waals surface area contributed by atoms with Crippen LogP contribution in [-0.2, 0) is 4.79 Å². The average molecular weight is 306 g/mol. The predicted molar refractivity (Wildman–Crippen MR) is 93.0 cm³/mol. The van der Waals surface area contributed by atoms with E-state index in [1.165, 1.54) is 12.2 Å². The minimum atomic E-state index is -0.00263. The molecule has 0 aliphatic carbocycles. The second kappa shape index (κ2) is 6.73. The molecule has 1 amide bonds. The Hall–Kier alpha value is -1.16. The summed E-state index contributed by atoms with van der Waals surface area (Å²) in [6.45, 7) is 8.46. The third-order valence-corrected chi connectivity index (χ3v) is 5.26. The van der Waals surface area contributed by atoms with Gasteiger partial charge >= 0.3 is 0 Å². The molecule has 1 atom stereocenters. The summed E-state index contributed by atoms with van der Waals surface area (Å²) in [5.41, 5.74) is 2.34. The van der Waals surface area contributed by atoms with Crippen molar-refractivity contribution in [1.29, 1.82) is 0 Å². The molecule has 1 heterocycles. The number of hydrogen-bond acceptors (Lipinski definition) is 3. The van der Waals surface area contributed by atoms with E-state index in [9.17, 15) is 4.79 Å². The summed E-state index contributed by atoms with van der Waals surface area (Å²) in [4.78, 5) is 11.8. The molecule has 2 rings (SSSR count). The topological polar surface area (TPSA) is 41.1 Å². The van der Waals surface area contributed by atoms with Crippen molar-refractivity contribution in [2.45, 2.75) is 40.2 Å². The van der Waals surface area contributed by atoms with E-state index in [0.717, 1.165) is 17.1 Å². The first-order valence-electron chi connectivity index (χ1n) is 7.61. The van der Waals surface area contributed by atoms with E-state index in [1.54, 1.807) is 0 Å². The molecule has 1 fully saturated rings. The van der Waals surface area contributed by atoms with E-state index >= 15 is 0 Å². The van der Waals surface area contributed by atoms with Crippen molar-refractivity contribution in [1.82, 2.24) is 0 Å². The van der Waals surface area contributed by atoms with E-state index in [0.29, 0.717) is 11.5 Å². The zero-order valence-corrected chi connectivity index (χ0v) is 14.2. The minimum Gasteiger partial charge on any atom is -0.381 e. The molecular formula is C17H26N2OS. The summed E-state index contributed by atoms with van der Waals surface area (Å²) in [5, 5.41) is 6.56. The van der Waals surface area contributed by atoms with Crippen LogP contribution in [0.5, 0.6) is 0 Å². The summed E-state index contributed by atoms with van der Waals surface area (Å²) >= 11 is 2.02. The number of hydrogen-bond donors (Lipinski definition) is 2. The van der Waals surface area contributed by atoms with Crippen molar-refractivity contribution in [2.75, 3.05) is 22.1 Å². The second-order valence-corrected chi connectivity index (χ2v) is 7.98. The molecule has 0 saturated carbocycles. The van der Waals surface area contributed by atoms with Gasteiger partial charge in [0.1, 0.15) is 0 Å². The summed E-state index contributed by atoms with van der Waals surface area (Å²) < 4.78 is 0. The van der Waals surface area contributed by atoms with Gasteiger partial charge in [-0.3, -0.25) is 4.79 Å². The van der Waals surface area contributed by atoms with Gasteiger partial charge in [0.2, 0.25) is 5.91 Å². The number of benzene rings is 1. The Morgan fingerprint density at radius 3 is 2.71 bits per heavy atom. The van der Waals surface area contributed by atoms with Crippen molar-refractivity contribution in [2.24, 2.45) is 11.3 Å². The highest BCUT2D eigenvalue weighted by atomic mass is 32.2. The number of rotatable bonds is 4. The SMILES string of the molecule is CC(C)C(=O)Nc1cccc(NC2CSCC(C)(C)C2)c1. The number of carbonyl (C=O) groups excluding carboxylic acids is 1. The van der Waals surface area contributed by atoms with Gasteiger partial charge in [-0.25, -0.2) is 0 Å². The van der Waals surface area contributed by atoms with Crippen LogP contribution in [0.1, 0.15) is 34.1 Å². The lowest BCUT2D eigenvalue weighted by Gasteiger charge is -2.35. The Labute approximate surface area is 132 Å². The predicted octanol–water partition coefficient (Wildman–Crippen LogP) is 4.22. The summed E-state index contributed by atoms with van der Waals surface area (Å²) in [6, 6.07) is 8.50. The lowest BCUT2D eigenvalue weighted by atomic mass is 9.88. The van der Waals surface area contributed by atoms with Crippen LogP contribution >= 0.6 is 11.8 Å². The van der Waals surface area contributed by atoms with Crippen LogP contribution in [0.4, 0.5) is 11.4 Å². The van der Waals surface area contributed by atoms with Crippen LogP contribution in [0.3, 0.4) is 0 Å². The fraction of sp³-hybridized carbons (Fsp3) is 0.588. The highest BCUT2D eigenvalue weighted by Gasteiger charge is 2.28. The van der Waals surface area contributed by atoms with E-state index < -0.39 is 0 Å². The monoisotopic (exact) mass is 306 g/mol. The van der Waals surface area contributed by atoms with Crippen LogP contribution < -0.4 is 10.6 Å². The standard InChI is InChI=1S/C17H26N2OS/c1-12(2)16(20)19-14-7-5-6-13(8-14)18-15-9-17(3,4)11-21-10-15/h5-8,12,15,18H,9-11H2,1-4H3,(H,19,20). The molecule has 1 aromatic rings. The molecular weight excluding hydrogens is 280 g/mol. The largest absolute Gasteiger partial charge is 0.381 e. The molecule has 0 bridgehead atoms. The lowest BCUT2D eigenvalue weighted by molar-refractivity contribution is -0.118. The van der Waals surface area contributed by atoms with Crippen molar-refractivity contribution < 1.29 is 4.79 Å². The van der Waals surface area contributed by atoms with Gasteiger partial charge in [0, 0.05) is 29.1 Å². The molecule has 0 radical (unpaired) electrons. The lowest BCUT2D eigenvalue weighted by Crippen LogP contribution is -2.35. The second-order valence-electron chi connectivity index (χ2n) is 6.95. The van der Waals surface area contributed by atoms with Crippen molar-refractivity contribution in [3.05, 3.63) is 24.3 Å². The Morgan fingerprint density at radius 2 is 2.05 bits per heavy atom. The van der Waals surface area contributed by atoms with Gasteiger partial charge < -0.3 is 10.6 Å². The summed E-state index contributed by atoms with van der Waals surface area (Å²) in [5.74, 6) is 2.43. The van der Waals surface area contributed by atoms with E-state index in [1.807, 2.05) is 43.8 Å². The van der Waals surface area contributed by atoms with Crippen LogP contribution in [0.2, 0.25) is 0 Å². The third-order valence-electron chi connectivity index (χ3n) is 3.64. The minimum absolute atomic E-state index is 0.00263. The normalized spacial score (nSPS) is 21.1. The maximum atomic E-state index is 11.8. The number of nitrogens with one attached hydrogen (secondary N) is 2. The Balaban J connectivity index is 1.99. The molecule has 21 heavy (non-hydrogen) atoms. The third kappa shape index (κ3) is 4.95. The Kier molecular flexibility index (Phi) is 5.20. The highest BCUT2D eigenvalue weighted by molar-refractivity contribution is 7.99. The van der Waals surface area contributed by atoms with Crippen LogP contribution in [0, 0.1) is 11.3 Å². The zero-order chi connectivity index (χ0) is 15.5. The first-order valence-corrected chi connectivity index (χ1v) is 8.76. The fourth-order valence-corrected chi connectivity index (χ4v) is 3.84. The molecule has 3 nitrogen and oxygen atoms in total. The van der Waals surface area contributed by atoms with E-state index in [4.69, 9.17) is 0 Å². The molecule has 116 valence electrons. The van der Waals surface area contributed by atoms with Crippen LogP contribution in [0.25, 0.3) is 0 Å². The molecule has 1 aromatic carbocycles. The summed E-state index contributed by atoms with van der Waals surface area (Å²) in [6.07, 6.45) is 1.18. The molecule has 4 heteroatoms. The van der Waals surface area contributed by atoms with Gasteiger partial charge in [-0.05, 0) is 35.8 Å². The quantitative estimate of drug-likeness (QED) is 0.875. The average Bonchev–Trinajstić information content (AvgIpc) is 2.37. The smallest absolute Gasteiger partial charge is 0.226 e. The number of thioether (sulfide) groups is 1. The van der Waals surface area contributed by atoms with Gasteiger partial charge in [-0.15, -0.1) is 0 Å². The van der Waals surface area contributed by atoms with Crippen molar-refractivity contribution in [3.8, 4) is 0 Å². The Morgan fingerprint density at radius 1 is 1.33 bits per heavy atom. The molecule has 1 unspecified atom stereocenters. The maximum Gasteiger partial charge on any atom is 0.226 e. The van der Waals surface area contributed by atoms with Crippen molar-refractivity contribution in [3.63, 3.8) is 0 Å². The molecule has 1 aliphatic heterocycles. The fourth-order valence-electron chi connectivity index (χ4n) is 2.56. The van der Waals surface area contributed by atoms with Gasteiger partial charge in [0.05, 0.1) is 0 Å². The number of carbonyl (C=O) groups is 1. The van der Waals surface area contributed by atoms with Gasteiger partial charge in [-0.1, -0.05) is 33.8 Å². The van der Waals surface area contributed by atoms with E-state index in [-0.39, 0.29) is 11.8 Å². The summed E-state index contributed by atoms with van der Waals surface area (Å²) in [7, 11) is 0. The molecule has 0 spiro atoms. The van der Waals surface area contributed by atoms with Crippen LogP contribution in [0.15, 0.2) is 24.3 Å².